The molecule has 4 heterocycles. The van der Waals surface area contributed by atoms with Gasteiger partial charge in [0.25, 0.3) is 0 Å². The van der Waals surface area contributed by atoms with Crippen molar-refractivity contribution < 1.29 is 17.9 Å². The number of nitrogen functional groups attached to an aromatic ring is 1. The SMILES string of the molecule is Nc1ccc(-c2nc(N3CC4CCC(C3)O4)c3cnn(CC(F)(F)F)c3n2)cc1. The fraction of sp³-hybridized carbons (Fsp3) is 0.421. The molecule has 0 aliphatic carbocycles. The fourth-order valence-electron chi connectivity index (χ4n) is 4.02. The second kappa shape index (κ2) is 6.58. The lowest BCUT2D eigenvalue weighted by Gasteiger charge is -2.33. The molecule has 3 aromatic rings. The van der Waals surface area contributed by atoms with Gasteiger partial charge in [-0.15, -0.1) is 0 Å². The van der Waals surface area contributed by atoms with Gasteiger partial charge in [-0.2, -0.15) is 18.3 Å². The van der Waals surface area contributed by atoms with Crippen molar-refractivity contribution in [3.8, 4) is 11.4 Å². The molecule has 29 heavy (non-hydrogen) atoms. The highest BCUT2D eigenvalue weighted by atomic mass is 19.4. The summed E-state index contributed by atoms with van der Waals surface area (Å²) < 4.78 is 45.9. The molecule has 2 saturated heterocycles. The Hall–Kier alpha value is -2.88. The van der Waals surface area contributed by atoms with Gasteiger partial charge < -0.3 is 15.4 Å². The van der Waals surface area contributed by atoms with Crippen molar-refractivity contribution in [2.24, 2.45) is 0 Å². The zero-order chi connectivity index (χ0) is 20.2. The molecular formula is C19H19F3N6O. The summed E-state index contributed by atoms with van der Waals surface area (Å²) in [6.07, 6.45) is -0.793. The molecule has 10 heteroatoms. The Labute approximate surface area is 164 Å². The van der Waals surface area contributed by atoms with E-state index in [1.54, 1.807) is 24.3 Å². The Morgan fingerprint density at radius 2 is 1.76 bits per heavy atom. The molecule has 5 rings (SSSR count). The number of fused-ring (bicyclic) bond motifs is 3. The van der Waals surface area contributed by atoms with Gasteiger partial charge in [0.05, 0.1) is 23.8 Å². The Morgan fingerprint density at radius 1 is 1.07 bits per heavy atom. The van der Waals surface area contributed by atoms with Crippen molar-refractivity contribution in [2.75, 3.05) is 23.7 Å². The van der Waals surface area contributed by atoms with Crippen LogP contribution >= 0.6 is 0 Å². The van der Waals surface area contributed by atoms with Gasteiger partial charge in [0.15, 0.2) is 11.5 Å². The standard InChI is InChI=1S/C19H19F3N6O/c20-19(21,22)10-28-18-15(7-24-28)17(27-8-13-5-6-14(9-27)29-13)25-16(26-18)11-1-3-12(23)4-2-11/h1-4,7,13-14H,5-6,8-10,23H2. The van der Waals surface area contributed by atoms with Gasteiger partial charge in [-0.05, 0) is 37.1 Å². The fourth-order valence-corrected chi connectivity index (χ4v) is 4.02. The summed E-state index contributed by atoms with van der Waals surface area (Å²) >= 11 is 0. The summed E-state index contributed by atoms with van der Waals surface area (Å²) in [5.74, 6) is 0.936. The Kier molecular flexibility index (Phi) is 4.12. The van der Waals surface area contributed by atoms with Crippen molar-refractivity contribution in [2.45, 2.75) is 37.8 Å². The second-order valence-corrected chi connectivity index (χ2v) is 7.51. The summed E-state index contributed by atoms with van der Waals surface area (Å²) in [6.45, 7) is 0.0883. The minimum Gasteiger partial charge on any atom is -0.399 e. The molecule has 2 fully saturated rings. The van der Waals surface area contributed by atoms with E-state index in [1.165, 1.54) is 6.20 Å². The van der Waals surface area contributed by atoms with Crippen molar-refractivity contribution in [1.29, 1.82) is 0 Å². The van der Waals surface area contributed by atoms with Crippen LogP contribution in [0.15, 0.2) is 30.5 Å². The normalized spacial score (nSPS) is 21.8. The third-order valence-corrected chi connectivity index (χ3v) is 5.32. The van der Waals surface area contributed by atoms with Crippen LogP contribution in [0.4, 0.5) is 24.7 Å². The maximum atomic E-state index is 13.0. The molecule has 2 aromatic heterocycles. The van der Waals surface area contributed by atoms with Crippen molar-refractivity contribution >= 4 is 22.5 Å². The summed E-state index contributed by atoms with van der Waals surface area (Å²) in [6, 6.07) is 6.94. The highest BCUT2D eigenvalue weighted by Crippen LogP contribution is 2.34. The first-order valence-corrected chi connectivity index (χ1v) is 9.42. The van der Waals surface area contributed by atoms with E-state index in [9.17, 15) is 13.2 Å². The Balaban J connectivity index is 1.65. The number of ether oxygens (including phenoxy) is 1. The Morgan fingerprint density at radius 3 is 2.41 bits per heavy atom. The number of nitrogens with two attached hydrogens (primary N) is 1. The summed E-state index contributed by atoms with van der Waals surface area (Å²) in [7, 11) is 0. The molecule has 1 aromatic carbocycles. The Bertz CT molecular complexity index is 1040. The first-order chi connectivity index (χ1) is 13.9. The summed E-state index contributed by atoms with van der Waals surface area (Å²) in [5, 5.41) is 4.46. The third-order valence-electron chi connectivity index (χ3n) is 5.32. The number of benzene rings is 1. The predicted octanol–water partition coefficient (Wildman–Crippen LogP) is 3.01. The molecule has 0 amide bonds. The van der Waals surface area contributed by atoms with Crippen LogP contribution < -0.4 is 10.6 Å². The van der Waals surface area contributed by atoms with E-state index >= 15 is 0 Å². The number of anilines is 2. The summed E-state index contributed by atoms with van der Waals surface area (Å²) in [5.41, 5.74) is 7.18. The minimum atomic E-state index is -4.40. The van der Waals surface area contributed by atoms with Crippen LogP contribution in [0.2, 0.25) is 0 Å². The predicted molar refractivity (Wildman–Crippen MR) is 101 cm³/mol. The molecule has 2 atom stereocenters. The van der Waals surface area contributed by atoms with Gasteiger partial charge in [0.1, 0.15) is 12.4 Å². The monoisotopic (exact) mass is 404 g/mol. The first kappa shape index (κ1) is 18.2. The quantitative estimate of drug-likeness (QED) is 0.676. The van der Waals surface area contributed by atoms with Crippen LogP contribution in [0, 0.1) is 0 Å². The molecule has 2 unspecified atom stereocenters. The third kappa shape index (κ3) is 3.48. The van der Waals surface area contributed by atoms with Crippen LogP contribution in [-0.2, 0) is 11.3 Å². The lowest BCUT2D eigenvalue weighted by Crippen LogP contribution is -2.43. The number of hydrogen-bond donors (Lipinski definition) is 1. The number of halogens is 3. The smallest absolute Gasteiger partial charge is 0.399 e. The van der Waals surface area contributed by atoms with Crippen LogP contribution in [0.3, 0.4) is 0 Å². The average molecular weight is 404 g/mol. The van der Waals surface area contributed by atoms with E-state index in [0.717, 1.165) is 17.5 Å². The van der Waals surface area contributed by atoms with E-state index in [-0.39, 0.29) is 17.9 Å². The molecule has 0 saturated carbocycles. The average Bonchev–Trinajstić information content (AvgIpc) is 3.22. The molecular weight excluding hydrogens is 385 g/mol. The van der Waals surface area contributed by atoms with E-state index in [2.05, 4.69) is 15.0 Å². The number of aromatic nitrogens is 4. The van der Waals surface area contributed by atoms with Crippen molar-refractivity contribution in [3.05, 3.63) is 30.5 Å². The number of morpholine rings is 1. The van der Waals surface area contributed by atoms with Gasteiger partial charge >= 0.3 is 6.18 Å². The van der Waals surface area contributed by atoms with Crippen molar-refractivity contribution in [1.82, 2.24) is 19.7 Å². The molecule has 7 nitrogen and oxygen atoms in total. The number of hydrogen-bond acceptors (Lipinski definition) is 6. The highest BCUT2D eigenvalue weighted by molar-refractivity contribution is 5.89. The van der Waals surface area contributed by atoms with E-state index in [4.69, 9.17) is 15.5 Å². The zero-order valence-electron chi connectivity index (χ0n) is 15.4. The number of alkyl halides is 3. The molecule has 2 aliphatic heterocycles. The minimum absolute atomic E-state index is 0.115. The first-order valence-electron chi connectivity index (χ1n) is 9.42. The molecule has 2 aliphatic rings. The van der Waals surface area contributed by atoms with E-state index in [1.807, 2.05) is 0 Å². The van der Waals surface area contributed by atoms with Gasteiger partial charge in [0.2, 0.25) is 0 Å². The van der Waals surface area contributed by atoms with Crippen LogP contribution in [0.5, 0.6) is 0 Å². The molecule has 0 spiro atoms. The van der Waals surface area contributed by atoms with E-state index < -0.39 is 12.7 Å². The number of nitrogens with zero attached hydrogens (tertiary/aromatic N) is 5. The second-order valence-electron chi connectivity index (χ2n) is 7.51. The molecule has 2 bridgehead atoms. The van der Waals surface area contributed by atoms with E-state index in [0.29, 0.717) is 41.4 Å². The van der Waals surface area contributed by atoms with Gasteiger partial charge in [-0.1, -0.05) is 0 Å². The van der Waals surface area contributed by atoms with Gasteiger partial charge in [-0.25, -0.2) is 14.6 Å². The van der Waals surface area contributed by atoms with Crippen molar-refractivity contribution in [3.63, 3.8) is 0 Å². The molecule has 2 N–H and O–H groups in total. The van der Waals surface area contributed by atoms with Gasteiger partial charge in [-0.3, -0.25) is 0 Å². The molecule has 152 valence electrons. The highest BCUT2D eigenvalue weighted by Gasteiger charge is 2.36. The maximum Gasteiger partial charge on any atom is 0.408 e. The largest absolute Gasteiger partial charge is 0.408 e. The van der Waals surface area contributed by atoms with Crippen LogP contribution in [0.25, 0.3) is 22.4 Å². The topological polar surface area (TPSA) is 82.1 Å². The lowest BCUT2D eigenvalue weighted by atomic mass is 10.2. The molecule has 0 radical (unpaired) electrons. The van der Waals surface area contributed by atoms with Crippen LogP contribution in [0.1, 0.15) is 12.8 Å². The maximum absolute atomic E-state index is 13.0. The number of rotatable bonds is 3. The zero-order valence-corrected chi connectivity index (χ0v) is 15.4. The van der Waals surface area contributed by atoms with Crippen LogP contribution in [-0.4, -0.2) is 51.2 Å². The lowest BCUT2D eigenvalue weighted by molar-refractivity contribution is -0.141. The van der Waals surface area contributed by atoms with Gasteiger partial charge in [0, 0.05) is 24.3 Å². The summed E-state index contributed by atoms with van der Waals surface area (Å²) in [4.78, 5) is 11.2.